The highest BCUT2D eigenvalue weighted by molar-refractivity contribution is 9.10. The van der Waals surface area contributed by atoms with Crippen LogP contribution >= 0.6 is 15.9 Å². The van der Waals surface area contributed by atoms with Crippen LogP contribution in [0.2, 0.25) is 0 Å². The van der Waals surface area contributed by atoms with E-state index < -0.39 is 22.0 Å². The zero-order chi connectivity index (χ0) is 19.6. The Morgan fingerprint density at radius 3 is 2.23 bits per heavy atom. The molecule has 0 saturated carbocycles. The van der Waals surface area contributed by atoms with Crippen molar-refractivity contribution in [3.05, 3.63) is 57.6 Å². The van der Waals surface area contributed by atoms with Crippen LogP contribution in [-0.2, 0) is 14.8 Å². The summed E-state index contributed by atoms with van der Waals surface area (Å²) in [5.74, 6) is -0.393. The molecular weight excluding hydrogens is 416 g/mol. The van der Waals surface area contributed by atoms with E-state index >= 15 is 0 Å². The van der Waals surface area contributed by atoms with Crippen molar-refractivity contribution < 1.29 is 13.2 Å². The third kappa shape index (κ3) is 4.65. The van der Waals surface area contributed by atoms with Crippen molar-refractivity contribution in [2.24, 2.45) is 0 Å². The Morgan fingerprint density at radius 2 is 1.69 bits per heavy atom. The number of anilines is 2. The summed E-state index contributed by atoms with van der Waals surface area (Å²) in [5, 5.41) is 2.79. The Labute approximate surface area is 163 Å². The second-order valence-electron chi connectivity index (χ2n) is 6.46. The largest absolute Gasteiger partial charge is 0.324 e. The Kier molecular flexibility index (Phi) is 6.13. The molecule has 2 aromatic carbocycles. The lowest BCUT2D eigenvalue weighted by atomic mass is 10.1. The predicted octanol–water partition coefficient (Wildman–Crippen LogP) is 4.17. The molecule has 0 aliphatic heterocycles. The Balaban J connectivity index is 2.34. The molecule has 0 fully saturated rings. The number of amides is 1. The summed E-state index contributed by atoms with van der Waals surface area (Å²) in [4.78, 5) is 12.7. The Hall–Kier alpha value is -1.86. The summed E-state index contributed by atoms with van der Waals surface area (Å²) in [6.07, 6.45) is 1.11. The Morgan fingerprint density at radius 1 is 1.04 bits per heavy atom. The molecule has 0 bridgehead atoms. The molecule has 0 heterocycles. The van der Waals surface area contributed by atoms with Gasteiger partial charge in [-0.1, -0.05) is 22.0 Å². The van der Waals surface area contributed by atoms with Crippen molar-refractivity contribution in [3.8, 4) is 0 Å². The van der Waals surface area contributed by atoms with Crippen LogP contribution in [0.5, 0.6) is 0 Å². The van der Waals surface area contributed by atoms with E-state index in [-0.39, 0.29) is 0 Å². The molecule has 0 saturated heterocycles. The number of hydrogen-bond acceptors (Lipinski definition) is 3. The minimum Gasteiger partial charge on any atom is -0.324 e. The lowest BCUT2D eigenvalue weighted by molar-refractivity contribution is -0.116. The topological polar surface area (TPSA) is 66.5 Å². The second kappa shape index (κ2) is 7.80. The summed E-state index contributed by atoms with van der Waals surface area (Å²) in [6, 6.07) is 9.90. The maximum absolute atomic E-state index is 12.7. The number of hydrogen-bond donors (Lipinski definition) is 1. The molecule has 1 amide bonds. The summed E-state index contributed by atoms with van der Waals surface area (Å²) >= 11 is 3.42. The van der Waals surface area contributed by atoms with Crippen molar-refractivity contribution in [1.29, 1.82) is 0 Å². The van der Waals surface area contributed by atoms with E-state index in [9.17, 15) is 13.2 Å². The average molecular weight is 439 g/mol. The first-order valence-electron chi connectivity index (χ1n) is 8.14. The fraction of sp³-hybridized carbons (Fsp3) is 0.316. The first-order valence-corrected chi connectivity index (χ1v) is 10.8. The van der Waals surface area contributed by atoms with E-state index in [0.29, 0.717) is 11.4 Å². The highest BCUT2D eigenvalue weighted by Gasteiger charge is 2.29. The number of carbonyl (C=O) groups is 1. The number of sulfonamides is 1. The number of nitrogens with zero attached hydrogens (tertiary/aromatic N) is 1. The third-order valence-corrected chi connectivity index (χ3v) is 6.39. The normalized spacial score (nSPS) is 12.5. The molecule has 1 N–H and O–H groups in total. The fourth-order valence-corrected chi connectivity index (χ4v) is 4.05. The van der Waals surface area contributed by atoms with Gasteiger partial charge < -0.3 is 5.32 Å². The minimum absolute atomic E-state index is 0.393. The van der Waals surface area contributed by atoms with Crippen LogP contribution in [0.25, 0.3) is 0 Å². The number of benzene rings is 2. The van der Waals surface area contributed by atoms with Gasteiger partial charge in [-0.2, -0.15) is 0 Å². The van der Waals surface area contributed by atoms with Crippen LogP contribution in [0.1, 0.15) is 23.6 Å². The van der Waals surface area contributed by atoms with Gasteiger partial charge in [0.05, 0.1) is 11.9 Å². The highest BCUT2D eigenvalue weighted by Crippen LogP contribution is 2.25. The molecule has 2 rings (SSSR count). The zero-order valence-corrected chi connectivity index (χ0v) is 17.9. The summed E-state index contributed by atoms with van der Waals surface area (Å²) in [6.45, 7) is 7.36. The maximum atomic E-state index is 12.7. The van der Waals surface area contributed by atoms with Crippen molar-refractivity contribution in [2.75, 3.05) is 15.9 Å². The number of nitrogens with one attached hydrogen (secondary N) is 1. The molecule has 5 nitrogen and oxygen atoms in total. The molecule has 0 radical (unpaired) electrons. The van der Waals surface area contributed by atoms with Gasteiger partial charge in [0.15, 0.2) is 0 Å². The molecule has 2 aromatic rings. The van der Waals surface area contributed by atoms with Gasteiger partial charge in [0, 0.05) is 10.2 Å². The maximum Gasteiger partial charge on any atom is 0.247 e. The smallest absolute Gasteiger partial charge is 0.247 e. The van der Waals surface area contributed by atoms with Crippen LogP contribution in [0.3, 0.4) is 0 Å². The van der Waals surface area contributed by atoms with E-state index in [4.69, 9.17) is 0 Å². The van der Waals surface area contributed by atoms with Gasteiger partial charge in [0.25, 0.3) is 0 Å². The lowest BCUT2D eigenvalue weighted by Gasteiger charge is -2.28. The quantitative estimate of drug-likeness (QED) is 0.761. The fourth-order valence-electron chi connectivity index (χ4n) is 2.64. The van der Waals surface area contributed by atoms with Gasteiger partial charge in [-0.25, -0.2) is 8.42 Å². The molecule has 140 valence electrons. The number of carbonyl (C=O) groups excluding carboxylic acids is 1. The molecular formula is C19H23BrN2O3S. The Bertz CT molecular complexity index is 942. The summed E-state index contributed by atoms with van der Waals surface area (Å²) in [5.41, 5.74) is 4.10. The van der Waals surface area contributed by atoms with Gasteiger partial charge in [-0.3, -0.25) is 9.10 Å². The van der Waals surface area contributed by atoms with E-state index in [1.165, 1.54) is 0 Å². The van der Waals surface area contributed by atoms with Crippen LogP contribution in [0.4, 0.5) is 11.4 Å². The van der Waals surface area contributed by atoms with Gasteiger partial charge in [-0.05, 0) is 74.7 Å². The standard InChI is InChI=1S/C19H23BrN2O3S/c1-12-6-8-17(11-13(12)2)22(26(5,24)25)15(4)19(23)21-16-7-9-18(20)14(3)10-16/h6-11,15H,1-5H3,(H,21,23)/t15-/m0/s1. The number of aryl methyl sites for hydroxylation is 3. The molecule has 26 heavy (non-hydrogen) atoms. The van der Waals surface area contributed by atoms with Crippen molar-refractivity contribution >= 4 is 43.2 Å². The SMILES string of the molecule is Cc1ccc(N([C@@H](C)C(=O)Nc2ccc(Br)c(C)c2)S(C)(=O)=O)cc1C. The molecule has 0 aliphatic carbocycles. The van der Waals surface area contributed by atoms with E-state index in [2.05, 4.69) is 21.2 Å². The molecule has 0 spiro atoms. The minimum atomic E-state index is -3.63. The van der Waals surface area contributed by atoms with E-state index in [1.54, 1.807) is 25.1 Å². The van der Waals surface area contributed by atoms with Gasteiger partial charge in [0.1, 0.15) is 6.04 Å². The lowest BCUT2D eigenvalue weighted by Crippen LogP contribution is -2.45. The molecule has 0 aromatic heterocycles. The van der Waals surface area contributed by atoms with Crippen LogP contribution in [0, 0.1) is 20.8 Å². The number of rotatable bonds is 5. The first kappa shape index (κ1) is 20.5. The predicted molar refractivity (Wildman–Crippen MR) is 110 cm³/mol. The number of halogens is 1. The second-order valence-corrected chi connectivity index (χ2v) is 9.17. The first-order chi connectivity index (χ1) is 12.0. The van der Waals surface area contributed by atoms with Crippen LogP contribution in [-0.4, -0.2) is 26.6 Å². The van der Waals surface area contributed by atoms with Gasteiger partial charge in [-0.15, -0.1) is 0 Å². The molecule has 1 atom stereocenters. The van der Waals surface area contributed by atoms with Crippen LogP contribution < -0.4 is 9.62 Å². The summed E-state index contributed by atoms with van der Waals surface area (Å²) < 4.78 is 26.8. The van der Waals surface area contributed by atoms with Crippen LogP contribution in [0.15, 0.2) is 40.9 Å². The van der Waals surface area contributed by atoms with Gasteiger partial charge >= 0.3 is 0 Å². The van der Waals surface area contributed by atoms with Crippen molar-refractivity contribution in [1.82, 2.24) is 0 Å². The van der Waals surface area contributed by atoms with Crippen molar-refractivity contribution in [2.45, 2.75) is 33.7 Å². The van der Waals surface area contributed by atoms with Gasteiger partial charge in [0.2, 0.25) is 15.9 Å². The highest BCUT2D eigenvalue weighted by atomic mass is 79.9. The van der Waals surface area contributed by atoms with E-state index in [1.807, 2.05) is 39.0 Å². The molecule has 0 aliphatic rings. The molecule has 7 heteroatoms. The van der Waals surface area contributed by atoms with Crippen molar-refractivity contribution in [3.63, 3.8) is 0 Å². The zero-order valence-electron chi connectivity index (χ0n) is 15.5. The third-order valence-electron chi connectivity index (χ3n) is 4.26. The summed E-state index contributed by atoms with van der Waals surface area (Å²) in [7, 11) is -3.63. The molecule has 0 unspecified atom stereocenters. The van der Waals surface area contributed by atoms with E-state index in [0.717, 1.165) is 31.7 Å². The monoisotopic (exact) mass is 438 g/mol. The average Bonchev–Trinajstić information content (AvgIpc) is 2.53.